The Bertz CT molecular complexity index is 676. The summed E-state index contributed by atoms with van der Waals surface area (Å²) in [5, 5.41) is 0. The molecule has 118 valence electrons. The number of carbonyl (C=O) groups is 1. The van der Waals surface area contributed by atoms with E-state index < -0.39 is 0 Å². The Morgan fingerprint density at radius 3 is 3.05 bits per heavy atom. The monoisotopic (exact) mass is 300 g/mol. The van der Waals surface area contributed by atoms with Gasteiger partial charge in [0.15, 0.2) is 0 Å². The lowest BCUT2D eigenvalue weighted by atomic mass is 9.92. The number of hydrogen-bond acceptors (Lipinski definition) is 3. The van der Waals surface area contributed by atoms with E-state index in [1.54, 1.807) is 6.92 Å². The molecule has 0 bridgehead atoms. The molecule has 0 radical (unpaired) electrons. The topological polar surface area (TPSA) is 52.2 Å². The molecule has 0 aromatic carbocycles. The number of aromatic nitrogens is 2. The summed E-state index contributed by atoms with van der Waals surface area (Å²) in [4.78, 5) is 24.0. The van der Waals surface area contributed by atoms with Crippen molar-refractivity contribution in [3.8, 4) is 0 Å². The maximum Gasteiger partial charge on any atom is 0.219 e. The summed E-state index contributed by atoms with van der Waals surface area (Å²) in [6, 6.07) is 4.04. The highest BCUT2D eigenvalue weighted by Crippen LogP contribution is 2.32. The number of carbonyl (C=O) groups excluding carboxylic acids is 1. The van der Waals surface area contributed by atoms with Crippen LogP contribution in [-0.4, -0.2) is 52.9 Å². The standard InChI is InChI=1S/C17H24N4O/c1-12(22)21-9-5-6-13(10-21)16-14(11-20(2)3)17-15(19-16)7-4-8-18-17/h4,7-8,13,19H,5-6,9-11H2,1-3H3/t13-/m0/s1. The van der Waals surface area contributed by atoms with Crippen LogP contribution in [0.25, 0.3) is 11.0 Å². The number of hydrogen-bond donors (Lipinski definition) is 1. The molecule has 0 aliphatic carbocycles. The van der Waals surface area contributed by atoms with E-state index in [1.165, 1.54) is 11.3 Å². The third-order valence-electron chi connectivity index (χ3n) is 4.44. The average Bonchev–Trinajstić information content (AvgIpc) is 2.86. The van der Waals surface area contributed by atoms with Gasteiger partial charge in [0.25, 0.3) is 0 Å². The summed E-state index contributed by atoms with van der Waals surface area (Å²) in [6.45, 7) is 4.22. The van der Waals surface area contributed by atoms with E-state index >= 15 is 0 Å². The van der Waals surface area contributed by atoms with Crippen molar-refractivity contribution < 1.29 is 4.79 Å². The first-order valence-corrected chi connectivity index (χ1v) is 7.92. The fraction of sp³-hybridized carbons (Fsp3) is 0.529. The number of aromatic amines is 1. The van der Waals surface area contributed by atoms with Crippen LogP contribution in [0, 0.1) is 0 Å². The number of likely N-dealkylation sites (tertiary alicyclic amines) is 1. The lowest BCUT2D eigenvalue weighted by Gasteiger charge is -2.32. The first-order valence-electron chi connectivity index (χ1n) is 7.92. The molecule has 1 saturated heterocycles. The Balaban J connectivity index is 2.00. The van der Waals surface area contributed by atoms with Gasteiger partial charge >= 0.3 is 0 Å². The van der Waals surface area contributed by atoms with Gasteiger partial charge in [-0.1, -0.05) is 0 Å². The number of H-pyrrole nitrogens is 1. The first kappa shape index (κ1) is 15.0. The van der Waals surface area contributed by atoms with Gasteiger partial charge in [-0.25, -0.2) is 0 Å². The van der Waals surface area contributed by atoms with Crippen LogP contribution in [0.3, 0.4) is 0 Å². The number of nitrogens with zero attached hydrogens (tertiary/aromatic N) is 3. The highest BCUT2D eigenvalue weighted by molar-refractivity contribution is 5.80. The molecule has 5 nitrogen and oxygen atoms in total. The zero-order chi connectivity index (χ0) is 15.7. The molecule has 0 saturated carbocycles. The van der Waals surface area contributed by atoms with Gasteiger partial charge in [-0.15, -0.1) is 0 Å². The van der Waals surface area contributed by atoms with Crippen molar-refractivity contribution in [2.75, 3.05) is 27.2 Å². The highest BCUT2D eigenvalue weighted by Gasteiger charge is 2.27. The van der Waals surface area contributed by atoms with Crippen molar-refractivity contribution in [2.24, 2.45) is 0 Å². The summed E-state index contributed by atoms with van der Waals surface area (Å²) in [7, 11) is 4.16. The van der Waals surface area contributed by atoms with Crippen LogP contribution in [0.2, 0.25) is 0 Å². The Morgan fingerprint density at radius 2 is 2.32 bits per heavy atom. The predicted octanol–water partition coefficient (Wildman–Crippen LogP) is 2.35. The second kappa shape index (κ2) is 6.08. The van der Waals surface area contributed by atoms with E-state index in [-0.39, 0.29) is 5.91 Å². The van der Waals surface area contributed by atoms with Crippen molar-refractivity contribution in [3.63, 3.8) is 0 Å². The van der Waals surface area contributed by atoms with Gasteiger partial charge in [0, 0.05) is 49.9 Å². The molecule has 5 heteroatoms. The molecule has 1 aliphatic heterocycles. The number of piperidine rings is 1. The number of nitrogens with one attached hydrogen (secondary N) is 1. The Labute approximate surface area is 131 Å². The second-order valence-electron chi connectivity index (χ2n) is 6.46. The fourth-order valence-electron chi connectivity index (χ4n) is 3.42. The van der Waals surface area contributed by atoms with Gasteiger partial charge in [0.1, 0.15) is 0 Å². The lowest BCUT2D eigenvalue weighted by molar-refractivity contribution is -0.130. The minimum atomic E-state index is 0.174. The Hall–Kier alpha value is -1.88. The van der Waals surface area contributed by atoms with Crippen molar-refractivity contribution in [1.82, 2.24) is 19.8 Å². The molecule has 1 aliphatic rings. The summed E-state index contributed by atoms with van der Waals surface area (Å²) in [5.74, 6) is 0.551. The molecule has 3 rings (SSSR count). The fourth-order valence-corrected chi connectivity index (χ4v) is 3.42. The van der Waals surface area contributed by atoms with Crippen LogP contribution in [0.15, 0.2) is 18.3 Å². The minimum Gasteiger partial charge on any atom is -0.357 e. The molecule has 1 amide bonds. The van der Waals surface area contributed by atoms with E-state index in [0.29, 0.717) is 5.92 Å². The Morgan fingerprint density at radius 1 is 1.50 bits per heavy atom. The number of pyridine rings is 1. The van der Waals surface area contributed by atoms with E-state index in [4.69, 9.17) is 0 Å². The molecule has 0 unspecified atom stereocenters. The van der Waals surface area contributed by atoms with Crippen LogP contribution in [0.4, 0.5) is 0 Å². The second-order valence-corrected chi connectivity index (χ2v) is 6.46. The molecule has 2 aromatic heterocycles. The van der Waals surface area contributed by atoms with Crippen LogP contribution in [0.5, 0.6) is 0 Å². The van der Waals surface area contributed by atoms with Gasteiger partial charge < -0.3 is 14.8 Å². The molecule has 0 spiro atoms. The average molecular weight is 300 g/mol. The third-order valence-corrected chi connectivity index (χ3v) is 4.44. The molecular formula is C17H24N4O. The van der Waals surface area contributed by atoms with Crippen molar-refractivity contribution in [1.29, 1.82) is 0 Å². The van der Waals surface area contributed by atoms with Gasteiger partial charge in [0.2, 0.25) is 5.91 Å². The number of rotatable bonds is 3. The van der Waals surface area contributed by atoms with Crippen molar-refractivity contribution in [3.05, 3.63) is 29.6 Å². The predicted molar refractivity (Wildman–Crippen MR) is 87.7 cm³/mol. The van der Waals surface area contributed by atoms with Crippen LogP contribution >= 0.6 is 0 Å². The number of amides is 1. The van der Waals surface area contributed by atoms with E-state index in [1.807, 2.05) is 17.2 Å². The van der Waals surface area contributed by atoms with Gasteiger partial charge in [-0.05, 0) is 39.1 Å². The van der Waals surface area contributed by atoms with E-state index in [9.17, 15) is 4.79 Å². The molecular weight excluding hydrogens is 276 g/mol. The molecule has 22 heavy (non-hydrogen) atoms. The highest BCUT2D eigenvalue weighted by atomic mass is 16.2. The molecule has 1 fully saturated rings. The maximum atomic E-state index is 11.7. The summed E-state index contributed by atoms with van der Waals surface area (Å²) >= 11 is 0. The zero-order valence-electron chi connectivity index (χ0n) is 13.6. The largest absolute Gasteiger partial charge is 0.357 e. The minimum absolute atomic E-state index is 0.174. The maximum absolute atomic E-state index is 11.7. The Kier molecular flexibility index (Phi) is 4.16. The van der Waals surface area contributed by atoms with Crippen molar-refractivity contribution in [2.45, 2.75) is 32.2 Å². The van der Waals surface area contributed by atoms with Crippen LogP contribution in [-0.2, 0) is 11.3 Å². The SMILES string of the molecule is CC(=O)N1CCC[C@H](c2[nH]c3cccnc3c2CN(C)C)C1. The van der Waals surface area contributed by atoms with Crippen LogP contribution < -0.4 is 0 Å². The van der Waals surface area contributed by atoms with E-state index in [0.717, 1.165) is 43.5 Å². The third kappa shape index (κ3) is 2.86. The number of fused-ring (bicyclic) bond motifs is 1. The van der Waals surface area contributed by atoms with Gasteiger partial charge in [-0.2, -0.15) is 0 Å². The molecule has 1 atom stereocenters. The smallest absolute Gasteiger partial charge is 0.219 e. The summed E-state index contributed by atoms with van der Waals surface area (Å²) < 4.78 is 0. The van der Waals surface area contributed by atoms with Gasteiger partial charge in [-0.3, -0.25) is 9.78 Å². The summed E-state index contributed by atoms with van der Waals surface area (Å²) in [5.41, 5.74) is 4.68. The zero-order valence-corrected chi connectivity index (χ0v) is 13.6. The first-order chi connectivity index (χ1) is 10.6. The normalized spacial score (nSPS) is 19.1. The molecule has 2 aromatic rings. The van der Waals surface area contributed by atoms with Crippen LogP contribution in [0.1, 0.15) is 36.9 Å². The molecule has 1 N–H and O–H groups in total. The quantitative estimate of drug-likeness (QED) is 0.946. The summed E-state index contributed by atoms with van der Waals surface area (Å²) in [6.07, 6.45) is 4.04. The van der Waals surface area contributed by atoms with E-state index in [2.05, 4.69) is 35.0 Å². The van der Waals surface area contributed by atoms with Crippen molar-refractivity contribution >= 4 is 16.9 Å². The molecule has 3 heterocycles. The lowest BCUT2D eigenvalue weighted by Crippen LogP contribution is -2.38. The van der Waals surface area contributed by atoms with Gasteiger partial charge in [0.05, 0.1) is 11.0 Å².